The maximum Gasteiger partial charge on any atom is 0.573 e. The van der Waals surface area contributed by atoms with Crippen molar-refractivity contribution in [3.05, 3.63) is 42.6 Å². The zero-order valence-electron chi connectivity index (χ0n) is 19.2. The second-order valence-electron chi connectivity index (χ2n) is 9.55. The smallest absolute Gasteiger partial charge is 0.406 e. The number of ether oxygens (including phenoxy) is 2. The monoisotopic (exact) mass is 475 g/mol. The van der Waals surface area contributed by atoms with Crippen LogP contribution in [0.5, 0.6) is 5.75 Å². The molecule has 2 aromatic heterocycles. The molecule has 0 unspecified atom stereocenters. The summed E-state index contributed by atoms with van der Waals surface area (Å²) in [6, 6.07) is 9.50. The molecule has 34 heavy (non-hydrogen) atoms. The molecule has 4 heterocycles. The molecule has 1 spiro atoms. The third-order valence-electron chi connectivity index (χ3n) is 7.34. The predicted octanol–water partition coefficient (Wildman–Crippen LogP) is 4.95. The lowest BCUT2D eigenvalue weighted by Crippen LogP contribution is -2.49. The number of halogens is 3. The summed E-state index contributed by atoms with van der Waals surface area (Å²) in [6.07, 6.45) is 0.181. The van der Waals surface area contributed by atoms with E-state index in [1.807, 2.05) is 12.1 Å². The predicted molar refractivity (Wildman–Crippen MR) is 121 cm³/mol. The van der Waals surface area contributed by atoms with Crippen LogP contribution < -0.4 is 10.1 Å². The number of aromatic nitrogens is 3. The molecule has 0 bridgehead atoms. The molecule has 0 radical (unpaired) electrons. The van der Waals surface area contributed by atoms with Crippen LogP contribution in [0, 0.1) is 5.41 Å². The van der Waals surface area contributed by atoms with Gasteiger partial charge in [-0.2, -0.15) is 0 Å². The van der Waals surface area contributed by atoms with Gasteiger partial charge in [0.1, 0.15) is 11.6 Å². The molecule has 2 aliphatic rings. The molecule has 5 rings (SSSR count). The number of hydrogen-bond donors (Lipinski definition) is 1. The van der Waals surface area contributed by atoms with Crippen LogP contribution >= 0.6 is 0 Å². The van der Waals surface area contributed by atoms with E-state index in [1.54, 1.807) is 16.8 Å². The number of imidazole rings is 1. The lowest BCUT2D eigenvalue weighted by molar-refractivity contribution is -0.274. The number of benzene rings is 1. The van der Waals surface area contributed by atoms with Crippen LogP contribution in [0.2, 0.25) is 0 Å². The van der Waals surface area contributed by atoms with Crippen molar-refractivity contribution in [3.63, 3.8) is 0 Å². The first-order chi connectivity index (χ1) is 16.1. The van der Waals surface area contributed by atoms with Crippen LogP contribution in [-0.4, -0.2) is 57.8 Å². The number of likely N-dealkylation sites (tertiary alicyclic amines) is 1. The van der Waals surface area contributed by atoms with Crippen LogP contribution in [0.1, 0.15) is 33.1 Å². The number of nitrogens with one attached hydrogen (secondary N) is 1. The molecule has 2 aliphatic heterocycles. The van der Waals surface area contributed by atoms with Gasteiger partial charge >= 0.3 is 6.36 Å². The maximum atomic E-state index is 12.6. The molecule has 2 fully saturated rings. The van der Waals surface area contributed by atoms with Crippen molar-refractivity contribution in [2.45, 2.75) is 45.1 Å². The fourth-order valence-corrected chi connectivity index (χ4v) is 5.16. The topological polar surface area (TPSA) is 63.9 Å². The average Bonchev–Trinajstić information content (AvgIpc) is 3.32. The van der Waals surface area contributed by atoms with E-state index in [4.69, 9.17) is 4.74 Å². The number of fused-ring (bicyclic) bond motifs is 1. The number of alkyl halides is 3. The van der Waals surface area contributed by atoms with Crippen molar-refractivity contribution in [1.29, 1.82) is 0 Å². The molecular formula is C24H28F3N5O2. The van der Waals surface area contributed by atoms with E-state index < -0.39 is 6.36 Å². The van der Waals surface area contributed by atoms with E-state index in [9.17, 15) is 13.2 Å². The Morgan fingerprint density at radius 3 is 2.62 bits per heavy atom. The minimum absolute atomic E-state index is 0.0701. The van der Waals surface area contributed by atoms with Crippen molar-refractivity contribution in [2.24, 2.45) is 5.41 Å². The van der Waals surface area contributed by atoms with E-state index >= 15 is 0 Å². The third kappa shape index (κ3) is 4.44. The Morgan fingerprint density at radius 2 is 1.91 bits per heavy atom. The highest BCUT2D eigenvalue weighted by Crippen LogP contribution is 2.50. The fraction of sp³-hybridized carbons (Fsp3) is 0.500. The molecule has 3 aromatic rings. The Morgan fingerprint density at radius 1 is 1.12 bits per heavy atom. The quantitative estimate of drug-likeness (QED) is 0.564. The molecular weight excluding hydrogens is 447 g/mol. The first kappa shape index (κ1) is 22.9. The highest BCUT2D eigenvalue weighted by Gasteiger charge is 2.51. The Hall–Kier alpha value is -2.85. The van der Waals surface area contributed by atoms with Crippen LogP contribution in [-0.2, 0) is 4.74 Å². The summed E-state index contributed by atoms with van der Waals surface area (Å²) in [4.78, 5) is 6.71. The standard InChI is InChI=1S/C24H28F3N5O2/c1-22(2)23(10-13-33-22)8-11-31(12-9-23)16-29-20-6-7-21-28-15-19(32(21)30-20)17-4-3-5-18(14-17)34-24(25,26)27/h3-7,14-15H,8-13,16H2,1-2H3,(H,29,30). The Bertz CT molecular complexity index is 1170. The van der Waals surface area contributed by atoms with E-state index in [1.165, 1.54) is 18.2 Å². The second kappa shape index (κ2) is 8.42. The highest BCUT2D eigenvalue weighted by molar-refractivity contribution is 5.65. The molecule has 0 saturated carbocycles. The zero-order valence-corrected chi connectivity index (χ0v) is 19.2. The van der Waals surface area contributed by atoms with Gasteiger partial charge in [0.25, 0.3) is 0 Å². The van der Waals surface area contributed by atoms with Crippen LogP contribution in [0.25, 0.3) is 16.9 Å². The van der Waals surface area contributed by atoms with Gasteiger partial charge in [-0.15, -0.1) is 18.3 Å². The van der Waals surface area contributed by atoms with Crippen molar-refractivity contribution in [2.75, 3.05) is 31.7 Å². The molecule has 0 amide bonds. The Kier molecular flexibility index (Phi) is 5.68. The van der Waals surface area contributed by atoms with Gasteiger partial charge in [-0.1, -0.05) is 12.1 Å². The Labute approximate surface area is 195 Å². The summed E-state index contributed by atoms with van der Waals surface area (Å²) in [5, 5.41) is 8.01. The summed E-state index contributed by atoms with van der Waals surface area (Å²) in [7, 11) is 0. The molecule has 2 saturated heterocycles. The van der Waals surface area contributed by atoms with Crippen LogP contribution in [0.15, 0.2) is 42.6 Å². The number of hydrogen-bond acceptors (Lipinski definition) is 6. The molecule has 0 atom stereocenters. The third-order valence-corrected chi connectivity index (χ3v) is 7.34. The highest BCUT2D eigenvalue weighted by atomic mass is 19.4. The summed E-state index contributed by atoms with van der Waals surface area (Å²) >= 11 is 0. The van der Waals surface area contributed by atoms with Crippen LogP contribution in [0.3, 0.4) is 0 Å². The first-order valence-electron chi connectivity index (χ1n) is 11.5. The molecule has 182 valence electrons. The average molecular weight is 476 g/mol. The van der Waals surface area contributed by atoms with Gasteiger partial charge in [0.15, 0.2) is 5.65 Å². The molecule has 1 N–H and O–H groups in total. The molecule has 10 heteroatoms. The largest absolute Gasteiger partial charge is 0.573 e. The summed E-state index contributed by atoms with van der Waals surface area (Å²) in [5.41, 5.74) is 1.90. The van der Waals surface area contributed by atoms with Crippen molar-refractivity contribution < 1.29 is 22.6 Å². The van der Waals surface area contributed by atoms with E-state index in [2.05, 4.69) is 38.9 Å². The maximum absolute atomic E-state index is 12.6. The van der Waals surface area contributed by atoms with Gasteiger partial charge in [-0.3, -0.25) is 4.90 Å². The molecule has 0 aliphatic carbocycles. The number of piperidine rings is 1. The van der Waals surface area contributed by atoms with Gasteiger partial charge in [0, 0.05) is 30.7 Å². The zero-order chi connectivity index (χ0) is 24.0. The van der Waals surface area contributed by atoms with E-state index in [0.29, 0.717) is 29.4 Å². The number of rotatable bonds is 5. The molecule has 1 aromatic carbocycles. The number of nitrogens with zero attached hydrogens (tertiary/aromatic N) is 4. The van der Waals surface area contributed by atoms with Gasteiger partial charge in [-0.05, 0) is 57.4 Å². The summed E-state index contributed by atoms with van der Waals surface area (Å²) in [5.74, 6) is 0.382. The van der Waals surface area contributed by atoms with Gasteiger partial charge < -0.3 is 14.8 Å². The minimum atomic E-state index is -4.75. The van der Waals surface area contributed by atoms with Crippen molar-refractivity contribution >= 4 is 11.5 Å². The number of anilines is 1. The van der Waals surface area contributed by atoms with Gasteiger partial charge in [0.2, 0.25) is 0 Å². The lowest BCUT2D eigenvalue weighted by atomic mass is 9.67. The minimum Gasteiger partial charge on any atom is -0.406 e. The SMILES string of the molecule is CC1(C)OCCC12CCN(CNc1ccc3ncc(-c4cccc(OC(F)(F)F)c4)n3n1)CC2. The van der Waals surface area contributed by atoms with Crippen LogP contribution in [0.4, 0.5) is 19.0 Å². The van der Waals surface area contributed by atoms with Gasteiger partial charge in [0.05, 0.1) is 24.2 Å². The summed E-state index contributed by atoms with van der Waals surface area (Å²) in [6.45, 7) is 7.90. The first-order valence-corrected chi connectivity index (χ1v) is 11.5. The normalized spacial score (nSPS) is 20.1. The summed E-state index contributed by atoms with van der Waals surface area (Å²) < 4.78 is 49.5. The van der Waals surface area contributed by atoms with Crippen molar-refractivity contribution in [3.8, 4) is 17.0 Å². The van der Waals surface area contributed by atoms with Gasteiger partial charge in [-0.25, -0.2) is 9.50 Å². The second-order valence-corrected chi connectivity index (χ2v) is 9.55. The fourth-order valence-electron chi connectivity index (χ4n) is 5.16. The van der Waals surface area contributed by atoms with E-state index in [0.717, 1.165) is 39.0 Å². The molecule has 7 nitrogen and oxygen atoms in total. The lowest BCUT2D eigenvalue weighted by Gasteiger charge is -2.46. The van der Waals surface area contributed by atoms with Crippen molar-refractivity contribution in [1.82, 2.24) is 19.5 Å². The van der Waals surface area contributed by atoms with E-state index in [-0.39, 0.29) is 16.8 Å². The Balaban J connectivity index is 1.27.